The number of thiocarbonyl (C=S) groups is 1. The van der Waals surface area contributed by atoms with Gasteiger partial charge in [-0.2, -0.15) is 10.2 Å². The minimum absolute atomic E-state index is 0.270. The van der Waals surface area contributed by atoms with E-state index in [0.29, 0.717) is 34.1 Å². The smallest absolute Gasteiger partial charge is 0.176 e. The molecule has 0 saturated heterocycles. The Morgan fingerprint density at radius 2 is 1.81 bits per heavy atom. The van der Waals surface area contributed by atoms with Crippen molar-refractivity contribution < 1.29 is 4.39 Å². The summed E-state index contributed by atoms with van der Waals surface area (Å²) in [5.74, 6) is 0.290. The Hall–Kier alpha value is -2.46. The molecule has 0 fully saturated rings. The molecule has 0 amide bonds. The van der Waals surface area contributed by atoms with Crippen LogP contribution in [0, 0.1) is 5.82 Å². The molecule has 0 unspecified atom stereocenters. The van der Waals surface area contributed by atoms with E-state index in [-0.39, 0.29) is 5.82 Å². The molecule has 2 aromatic heterocycles. The second-order valence-electron chi connectivity index (χ2n) is 6.89. The normalized spacial score (nSPS) is 10.9. The Bertz CT molecular complexity index is 1260. The van der Waals surface area contributed by atoms with E-state index in [1.54, 1.807) is 39.8 Å². The summed E-state index contributed by atoms with van der Waals surface area (Å²) in [6.07, 6.45) is 5.31. The Kier molecular flexibility index (Phi) is 7.10. The van der Waals surface area contributed by atoms with Crippen LogP contribution in [0.2, 0.25) is 10.0 Å². The quantitative estimate of drug-likeness (QED) is 0.279. The highest BCUT2D eigenvalue weighted by atomic mass is 79.9. The molecule has 11 heteroatoms. The highest BCUT2D eigenvalue weighted by molar-refractivity contribution is 9.10. The maximum absolute atomic E-state index is 13.1. The first kappa shape index (κ1) is 22.7. The topological polar surface area (TPSA) is 59.7 Å². The van der Waals surface area contributed by atoms with Crippen LogP contribution < -0.4 is 10.6 Å². The first-order valence-corrected chi connectivity index (χ1v) is 11.3. The lowest BCUT2D eigenvalue weighted by atomic mass is 10.2. The summed E-state index contributed by atoms with van der Waals surface area (Å²) in [6, 6.07) is 11.6. The van der Waals surface area contributed by atoms with Crippen LogP contribution in [0.15, 0.2) is 65.5 Å². The van der Waals surface area contributed by atoms with Crippen molar-refractivity contribution in [3.05, 3.63) is 92.5 Å². The molecule has 6 nitrogen and oxygen atoms in total. The summed E-state index contributed by atoms with van der Waals surface area (Å²) < 4.78 is 17.3. The number of rotatable bonds is 6. The maximum Gasteiger partial charge on any atom is 0.176 e. The fourth-order valence-corrected chi connectivity index (χ4v) is 4.05. The van der Waals surface area contributed by atoms with E-state index < -0.39 is 0 Å². The minimum atomic E-state index is -0.270. The van der Waals surface area contributed by atoms with E-state index in [4.69, 9.17) is 35.4 Å². The van der Waals surface area contributed by atoms with Crippen molar-refractivity contribution in [3.63, 3.8) is 0 Å². The number of hydrogen-bond donors (Lipinski definition) is 2. The molecule has 164 valence electrons. The lowest BCUT2D eigenvalue weighted by Gasteiger charge is -2.07. The summed E-state index contributed by atoms with van der Waals surface area (Å²) in [5, 5.41) is 16.5. The van der Waals surface area contributed by atoms with Gasteiger partial charge in [-0.25, -0.2) is 4.39 Å². The van der Waals surface area contributed by atoms with Crippen molar-refractivity contribution in [3.8, 4) is 0 Å². The van der Waals surface area contributed by atoms with Crippen molar-refractivity contribution >= 4 is 68.0 Å². The summed E-state index contributed by atoms with van der Waals surface area (Å²) in [6.45, 7) is 0.998. The number of hydrogen-bond acceptors (Lipinski definition) is 3. The second kappa shape index (κ2) is 9.99. The number of halogens is 4. The zero-order valence-corrected chi connectivity index (χ0v) is 20.3. The molecule has 0 aliphatic heterocycles. The lowest BCUT2D eigenvalue weighted by Crippen LogP contribution is -2.19. The Labute approximate surface area is 207 Å². The highest BCUT2D eigenvalue weighted by Crippen LogP contribution is 2.23. The molecule has 2 N–H and O–H groups in total. The average molecular weight is 554 g/mol. The zero-order valence-electron chi connectivity index (χ0n) is 16.4. The van der Waals surface area contributed by atoms with Crippen molar-refractivity contribution in [2.45, 2.75) is 13.1 Å². The molecule has 0 radical (unpaired) electrons. The third-order valence-corrected chi connectivity index (χ3v) is 5.82. The summed E-state index contributed by atoms with van der Waals surface area (Å²) in [5.41, 5.74) is 2.55. The third kappa shape index (κ3) is 5.86. The molecule has 0 bridgehead atoms. The Balaban J connectivity index is 1.36. The fraction of sp³-hybridized carbons (Fsp3) is 0.0952. The van der Waals surface area contributed by atoms with Crippen LogP contribution in [0.1, 0.15) is 11.1 Å². The second-order valence-corrected chi connectivity index (χ2v) is 9.00. The molecule has 2 heterocycles. The van der Waals surface area contributed by atoms with Crippen LogP contribution in [0.25, 0.3) is 0 Å². The van der Waals surface area contributed by atoms with Gasteiger partial charge in [-0.05, 0) is 63.5 Å². The molecule has 0 aliphatic carbocycles. The molecule has 4 rings (SSSR count). The molecule has 0 atom stereocenters. The third-order valence-electron chi connectivity index (χ3n) is 4.45. The van der Waals surface area contributed by atoms with Gasteiger partial charge >= 0.3 is 0 Å². The van der Waals surface area contributed by atoms with Crippen LogP contribution in [0.4, 0.5) is 15.9 Å². The standard InChI is InChI=1S/C21H16BrCl2FN6S/c22-18-12-31(9-13-1-5-16(25)6-2-13)29-20(18)28-21(32)27-17-8-26-30(11-17)10-14-3-4-15(23)7-19(14)24/h1-8,11-12H,9-10H2,(H2,27,28,29,32). The largest absolute Gasteiger partial charge is 0.330 e. The van der Waals surface area contributed by atoms with Gasteiger partial charge in [-0.3, -0.25) is 9.36 Å². The van der Waals surface area contributed by atoms with Gasteiger partial charge in [0.25, 0.3) is 0 Å². The molecular weight excluding hydrogens is 538 g/mol. The van der Waals surface area contributed by atoms with Crippen LogP contribution in [0.5, 0.6) is 0 Å². The van der Waals surface area contributed by atoms with Crippen LogP contribution in [0.3, 0.4) is 0 Å². The Morgan fingerprint density at radius 1 is 1.03 bits per heavy atom. The number of anilines is 2. The average Bonchev–Trinajstić information content (AvgIpc) is 3.31. The molecule has 2 aromatic carbocycles. The molecular formula is C21H16BrCl2FN6S. The monoisotopic (exact) mass is 552 g/mol. The highest BCUT2D eigenvalue weighted by Gasteiger charge is 2.10. The van der Waals surface area contributed by atoms with E-state index in [9.17, 15) is 4.39 Å². The van der Waals surface area contributed by atoms with E-state index >= 15 is 0 Å². The first-order valence-electron chi connectivity index (χ1n) is 9.37. The lowest BCUT2D eigenvalue weighted by molar-refractivity contribution is 0.624. The summed E-state index contributed by atoms with van der Waals surface area (Å²) >= 11 is 21.1. The van der Waals surface area contributed by atoms with E-state index in [2.05, 4.69) is 36.8 Å². The van der Waals surface area contributed by atoms with Crippen molar-refractivity contribution in [1.82, 2.24) is 19.6 Å². The van der Waals surface area contributed by atoms with E-state index in [1.165, 1.54) is 12.1 Å². The molecule has 4 aromatic rings. The number of nitrogens with zero attached hydrogens (tertiary/aromatic N) is 4. The van der Waals surface area contributed by atoms with Crippen molar-refractivity contribution in [1.29, 1.82) is 0 Å². The van der Waals surface area contributed by atoms with Gasteiger partial charge in [0.1, 0.15) is 5.82 Å². The predicted octanol–water partition coefficient (Wildman–Crippen LogP) is 6.19. The molecule has 32 heavy (non-hydrogen) atoms. The van der Waals surface area contributed by atoms with E-state index in [1.807, 2.05) is 18.5 Å². The van der Waals surface area contributed by atoms with Gasteiger partial charge in [0.2, 0.25) is 0 Å². The zero-order chi connectivity index (χ0) is 22.7. The molecule has 0 spiro atoms. The molecule has 0 aliphatic rings. The maximum atomic E-state index is 13.1. The van der Waals surface area contributed by atoms with E-state index in [0.717, 1.165) is 21.3 Å². The summed E-state index contributed by atoms with van der Waals surface area (Å²) in [7, 11) is 0. The van der Waals surface area contributed by atoms with Crippen molar-refractivity contribution in [2.24, 2.45) is 0 Å². The summed E-state index contributed by atoms with van der Waals surface area (Å²) in [4.78, 5) is 0. The van der Waals surface area contributed by atoms with Crippen LogP contribution >= 0.6 is 51.3 Å². The predicted molar refractivity (Wildman–Crippen MR) is 133 cm³/mol. The van der Waals surface area contributed by atoms with Crippen LogP contribution in [-0.4, -0.2) is 24.7 Å². The van der Waals surface area contributed by atoms with Gasteiger partial charge < -0.3 is 10.6 Å². The molecule has 0 saturated carbocycles. The first-order chi connectivity index (χ1) is 15.4. The van der Waals surface area contributed by atoms with Gasteiger partial charge in [-0.15, -0.1) is 0 Å². The van der Waals surface area contributed by atoms with Crippen molar-refractivity contribution in [2.75, 3.05) is 10.6 Å². The number of aromatic nitrogens is 4. The van der Waals surface area contributed by atoms with Gasteiger partial charge in [-0.1, -0.05) is 41.4 Å². The SMILES string of the molecule is Fc1ccc(Cn2cc(Br)c(NC(=S)Nc3cnn(Cc4ccc(Cl)cc4Cl)c3)n2)cc1. The number of nitrogens with one attached hydrogen (secondary N) is 2. The van der Waals surface area contributed by atoms with Gasteiger partial charge in [0, 0.05) is 22.4 Å². The van der Waals surface area contributed by atoms with Gasteiger partial charge in [0.05, 0.1) is 29.4 Å². The van der Waals surface area contributed by atoms with Crippen LogP contribution in [-0.2, 0) is 13.1 Å². The van der Waals surface area contributed by atoms with Gasteiger partial charge in [0.15, 0.2) is 10.9 Å². The fourth-order valence-electron chi connectivity index (χ4n) is 2.95. The number of benzene rings is 2. The Morgan fingerprint density at radius 3 is 2.56 bits per heavy atom. The minimum Gasteiger partial charge on any atom is -0.330 e.